The lowest BCUT2D eigenvalue weighted by Crippen LogP contribution is -2.28. The minimum absolute atomic E-state index is 0.106. The molecule has 0 fully saturated rings. The molecular weight excluding hydrogens is 286 g/mol. The first kappa shape index (κ1) is 14.3. The largest absolute Gasteiger partial charge is 0.399 e. The molecular formula is C13H12F2N2O2S. The second-order valence-corrected chi connectivity index (χ2v) is 6.05. The molecule has 0 saturated heterocycles. The van der Waals surface area contributed by atoms with E-state index >= 15 is 0 Å². The Morgan fingerprint density at radius 3 is 2.30 bits per heavy atom. The zero-order valence-corrected chi connectivity index (χ0v) is 11.4. The van der Waals surface area contributed by atoms with Crippen LogP contribution in [0.2, 0.25) is 0 Å². The molecule has 2 aromatic carbocycles. The van der Waals surface area contributed by atoms with Gasteiger partial charge in [-0.3, -0.25) is 4.31 Å². The van der Waals surface area contributed by atoms with Crippen molar-refractivity contribution in [1.29, 1.82) is 0 Å². The highest BCUT2D eigenvalue weighted by molar-refractivity contribution is 7.92. The first-order chi connectivity index (χ1) is 9.34. The number of benzene rings is 2. The second kappa shape index (κ2) is 5.09. The molecule has 2 rings (SSSR count). The fourth-order valence-corrected chi connectivity index (χ4v) is 2.96. The van der Waals surface area contributed by atoms with Crippen molar-refractivity contribution >= 4 is 21.4 Å². The highest BCUT2D eigenvalue weighted by Crippen LogP contribution is 2.26. The second-order valence-electron chi connectivity index (χ2n) is 4.11. The predicted octanol–water partition coefficient (Wildman–Crippen LogP) is 2.37. The normalized spacial score (nSPS) is 11.3. The molecule has 20 heavy (non-hydrogen) atoms. The Balaban J connectivity index is 2.53. The van der Waals surface area contributed by atoms with Crippen molar-refractivity contribution in [1.82, 2.24) is 0 Å². The molecule has 4 nitrogen and oxygen atoms in total. The maximum Gasteiger partial charge on any atom is 0.267 e. The molecule has 0 saturated carbocycles. The minimum atomic E-state index is -4.20. The van der Waals surface area contributed by atoms with Crippen LogP contribution in [0.15, 0.2) is 47.4 Å². The van der Waals surface area contributed by atoms with Gasteiger partial charge in [-0.2, -0.15) is 0 Å². The number of hydrogen-bond donors (Lipinski definition) is 1. The topological polar surface area (TPSA) is 63.4 Å². The highest BCUT2D eigenvalue weighted by Gasteiger charge is 2.26. The summed E-state index contributed by atoms with van der Waals surface area (Å²) in [4.78, 5) is -0.558. The van der Waals surface area contributed by atoms with Gasteiger partial charge >= 0.3 is 0 Å². The standard InChI is InChI=1S/C13H12F2N2O2S/c1-17(12-5-3-2-4-10(12)14)20(18,19)13-7-6-9(16)8-11(13)15/h2-8H,16H2,1H3. The van der Waals surface area contributed by atoms with Crippen LogP contribution in [0.1, 0.15) is 0 Å². The van der Waals surface area contributed by atoms with E-state index < -0.39 is 26.6 Å². The Labute approximate surface area is 115 Å². The number of nitrogens with two attached hydrogens (primary N) is 1. The summed E-state index contributed by atoms with van der Waals surface area (Å²) in [5, 5.41) is 0. The lowest BCUT2D eigenvalue weighted by Gasteiger charge is -2.20. The van der Waals surface area contributed by atoms with E-state index in [1.165, 1.54) is 24.3 Å². The number of sulfonamides is 1. The van der Waals surface area contributed by atoms with Gasteiger partial charge in [0.05, 0.1) is 5.69 Å². The third kappa shape index (κ3) is 2.44. The number of anilines is 2. The van der Waals surface area contributed by atoms with Crippen molar-refractivity contribution in [3.05, 3.63) is 54.1 Å². The summed E-state index contributed by atoms with van der Waals surface area (Å²) in [6.45, 7) is 0. The van der Waals surface area contributed by atoms with Gasteiger partial charge in [-0.05, 0) is 30.3 Å². The zero-order valence-electron chi connectivity index (χ0n) is 10.5. The van der Waals surface area contributed by atoms with Crippen LogP contribution in [0.25, 0.3) is 0 Å². The molecule has 106 valence electrons. The molecule has 0 spiro atoms. The Morgan fingerprint density at radius 1 is 1.05 bits per heavy atom. The SMILES string of the molecule is CN(c1ccccc1F)S(=O)(=O)c1ccc(N)cc1F. The molecule has 0 aromatic heterocycles. The predicted molar refractivity (Wildman–Crippen MR) is 72.8 cm³/mol. The van der Waals surface area contributed by atoms with E-state index in [0.717, 1.165) is 25.2 Å². The van der Waals surface area contributed by atoms with Crippen LogP contribution in [-0.4, -0.2) is 15.5 Å². The first-order valence-corrected chi connectivity index (χ1v) is 7.06. The Hall–Kier alpha value is -2.15. The minimum Gasteiger partial charge on any atom is -0.399 e. The van der Waals surface area contributed by atoms with Crippen LogP contribution in [0.5, 0.6) is 0 Å². The van der Waals surface area contributed by atoms with Crippen LogP contribution in [0.4, 0.5) is 20.2 Å². The zero-order chi connectivity index (χ0) is 14.9. The van der Waals surface area contributed by atoms with Gasteiger partial charge in [0.2, 0.25) is 0 Å². The maximum atomic E-state index is 13.7. The number of rotatable bonds is 3. The van der Waals surface area contributed by atoms with Crippen LogP contribution in [-0.2, 0) is 10.0 Å². The first-order valence-electron chi connectivity index (χ1n) is 5.62. The van der Waals surface area contributed by atoms with E-state index in [1.54, 1.807) is 0 Å². The molecule has 0 bridgehead atoms. The van der Waals surface area contributed by atoms with Gasteiger partial charge < -0.3 is 5.73 Å². The summed E-state index contributed by atoms with van der Waals surface area (Å²) in [6.07, 6.45) is 0. The lowest BCUT2D eigenvalue weighted by atomic mass is 10.3. The maximum absolute atomic E-state index is 13.7. The van der Waals surface area contributed by atoms with Crippen molar-refractivity contribution in [2.45, 2.75) is 4.90 Å². The van der Waals surface area contributed by atoms with Crippen LogP contribution < -0.4 is 10.0 Å². The summed E-state index contributed by atoms with van der Waals surface area (Å²) in [7, 11) is -3.04. The van der Waals surface area contributed by atoms with Gasteiger partial charge in [-0.25, -0.2) is 17.2 Å². The van der Waals surface area contributed by atoms with Crippen molar-refractivity contribution in [3.63, 3.8) is 0 Å². The Kier molecular flexibility index (Phi) is 3.63. The van der Waals surface area contributed by atoms with Gasteiger partial charge in [0, 0.05) is 12.7 Å². The fourth-order valence-electron chi connectivity index (χ4n) is 1.71. The number of halogens is 2. The molecule has 0 unspecified atom stereocenters. The molecule has 7 heteroatoms. The van der Waals surface area contributed by atoms with E-state index in [1.807, 2.05) is 0 Å². The average Bonchev–Trinajstić information content (AvgIpc) is 2.38. The van der Waals surface area contributed by atoms with Gasteiger partial charge in [-0.1, -0.05) is 12.1 Å². The average molecular weight is 298 g/mol. The van der Waals surface area contributed by atoms with E-state index in [4.69, 9.17) is 5.73 Å². The van der Waals surface area contributed by atoms with Crippen LogP contribution in [0.3, 0.4) is 0 Å². The van der Waals surface area contributed by atoms with Crippen molar-refractivity contribution in [3.8, 4) is 0 Å². The molecule has 0 radical (unpaired) electrons. The molecule has 0 atom stereocenters. The molecule has 2 aromatic rings. The van der Waals surface area contributed by atoms with Gasteiger partial charge in [-0.15, -0.1) is 0 Å². The third-order valence-electron chi connectivity index (χ3n) is 2.79. The lowest BCUT2D eigenvalue weighted by molar-refractivity contribution is 0.564. The monoisotopic (exact) mass is 298 g/mol. The Bertz CT molecular complexity index is 748. The molecule has 0 aliphatic rings. The van der Waals surface area contributed by atoms with E-state index in [9.17, 15) is 17.2 Å². The van der Waals surface area contributed by atoms with E-state index in [-0.39, 0.29) is 11.4 Å². The smallest absolute Gasteiger partial charge is 0.267 e. The quantitative estimate of drug-likeness (QED) is 0.885. The molecule has 2 N–H and O–H groups in total. The van der Waals surface area contributed by atoms with Gasteiger partial charge in [0.15, 0.2) is 0 Å². The third-order valence-corrected chi connectivity index (χ3v) is 4.59. The molecule has 0 amide bonds. The van der Waals surface area contributed by atoms with Crippen LogP contribution >= 0.6 is 0 Å². The fraction of sp³-hybridized carbons (Fsp3) is 0.0769. The number of para-hydroxylation sites is 1. The highest BCUT2D eigenvalue weighted by atomic mass is 32.2. The number of hydrogen-bond acceptors (Lipinski definition) is 3. The van der Waals surface area contributed by atoms with Crippen molar-refractivity contribution in [2.24, 2.45) is 0 Å². The van der Waals surface area contributed by atoms with E-state index in [0.29, 0.717) is 4.31 Å². The summed E-state index contributed by atoms with van der Waals surface area (Å²) < 4.78 is 52.7. The summed E-state index contributed by atoms with van der Waals surface area (Å²) in [6, 6.07) is 8.57. The number of nitrogen functional groups attached to an aromatic ring is 1. The molecule has 0 heterocycles. The van der Waals surface area contributed by atoms with Crippen molar-refractivity contribution in [2.75, 3.05) is 17.1 Å². The Morgan fingerprint density at radius 2 is 1.70 bits per heavy atom. The van der Waals surface area contributed by atoms with Crippen LogP contribution in [0, 0.1) is 11.6 Å². The summed E-state index contributed by atoms with van der Waals surface area (Å²) >= 11 is 0. The van der Waals surface area contributed by atoms with Gasteiger partial charge in [0.25, 0.3) is 10.0 Å². The summed E-state index contributed by atoms with van der Waals surface area (Å²) in [5.41, 5.74) is 5.32. The van der Waals surface area contributed by atoms with Crippen molar-refractivity contribution < 1.29 is 17.2 Å². The molecule has 0 aliphatic carbocycles. The molecule has 0 aliphatic heterocycles. The number of nitrogens with zero attached hydrogens (tertiary/aromatic N) is 1. The van der Waals surface area contributed by atoms with E-state index in [2.05, 4.69) is 0 Å². The summed E-state index contributed by atoms with van der Waals surface area (Å²) in [5.74, 6) is -1.69. The van der Waals surface area contributed by atoms with Gasteiger partial charge in [0.1, 0.15) is 16.5 Å².